The molecular formula is C32H38. The van der Waals surface area contributed by atoms with Crippen LogP contribution < -0.4 is 0 Å². The zero-order valence-electron chi connectivity index (χ0n) is 20.7. The van der Waals surface area contributed by atoms with Crippen molar-refractivity contribution in [2.75, 3.05) is 0 Å². The Morgan fingerprint density at radius 2 is 1.25 bits per heavy atom. The Morgan fingerprint density at radius 1 is 0.688 bits per heavy atom. The van der Waals surface area contributed by atoms with Crippen molar-refractivity contribution < 1.29 is 0 Å². The second-order valence-corrected chi connectivity index (χ2v) is 6.54. The lowest BCUT2D eigenvalue weighted by Gasteiger charge is -2.20. The smallest absolute Gasteiger partial charge is 0.00266 e. The molecule has 3 aromatic carbocycles. The zero-order valence-corrected chi connectivity index (χ0v) is 20.7. The maximum absolute atomic E-state index is 4.15. The summed E-state index contributed by atoms with van der Waals surface area (Å²) >= 11 is 0. The van der Waals surface area contributed by atoms with Gasteiger partial charge in [0.1, 0.15) is 0 Å². The van der Waals surface area contributed by atoms with Gasteiger partial charge in [-0.2, -0.15) is 0 Å². The predicted octanol–water partition coefficient (Wildman–Crippen LogP) is 10.4. The summed E-state index contributed by atoms with van der Waals surface area (Å²) in [6.45, 7) is 20.4. The molecule has 0 saturated carbocycles. The SMILES string of the molecule is C=Cc1c(C=C)c(-c2ccccc2)c2ccccc2c1C(/C=C\C)=C/C=C\C.CC.CC. The minimum atomic E-state index is 1.11. The summed E-state index contributed by atoms with van der Waals surface area (Å²) in [5.74, 6) is 0. The number of allylic oxidation sites excluding steroid dienone is 6. The van der Waals surface area contributed by atoms with Crippen LogP contribution in [-0.4, -0.2) is 0 Å². The summed E-state index contributed by atoms with van der Waals surface area (Å²) in [5, 5.41) is 2.44. The highest BCUT2D eigenvalue weighted by Gasteiger charge is 2.18. The van der Waals surface area contributed by atoms with Crippen LogP contribution in [0.15, 0.2) is 98.1 Å². The molecule has 0 amide bonds. The molecule has 0 fully saturated rings. The van der Waals surface area contributed by atoms with E-state index in [9.17, 15) is 0 Å². The topological polar surface area (TPSA) is 0 Å². The minimum Gasteiger partial charge on any atom is -0.0984 e. The van der Waals surface area contributed by atoms with Crippen LogP contribution in [0.3, 0.4) is 0 Å². The second-order valence-electron chi connectivity index (χ2n) is 6.54. The second kappa shape index (κ2) is 14.6. The molecule has 32 heavy (non-hydrogen) atoms. The summed E-state index contributed by atoms with van der Waals surface area (Å²) in [7, 11) is 0. The molecule has 0 saturated heterocycles. The van der Waals surface area contributed by atoms with Gasteiger partial charge < -0.3 is 0 Å². The lowest BCUT2D eigenvalue weighted by molar-refractivity contribution is 1.50. The van der Waals surface area contributed by atoms with E-state index in [1.54, 1.807) is 0 Å². The molecule has 0 nitrogen and oxygen atoms in total. The first-order valence-electron chi connectivity index (χ1n) is 11.6. The van der Waals surface area contributed by atoms with E-state index in [0.29, 0.717) is 0 Å². The highest BCUT2D eigenvalue weighted by atomic mass is 14.2. The summed E-state index contributed by atoms with van der Waals surface area (Å²) in [5.41, 5.74) is 6.97. The van der Waals surface area contributed by atoms with E-state index in [4.69, 9.17) is 0 Å². The van der Waals surface area contributed by atoms with Crippen molar-refractivity contribution in [1.29, 1.82) is 0 Å². The largest absolute Gasteiger partial charge is 0.0984 e. The van der Waals surface area contributed by atoms with E-state index >= 15 is 0 Å². The van der Waals surface area contributed by atoms with E-state index in [1.807, 2.05) is 65.8 Å². The van der Waals surface area contributed by atoms with Gasteiger partial charge in [0.15, 0.2) is 0 Å². The quantitative estimate of drug-likeness (QED) is 0.346. The molecule has 3 aromatic rings. The van der Waals surface area contributed by atoms with Gasteiger partial charge >= 0.3 is 0 Å². The molecule has 0 radical (unpaired) electrons. The summed E-state index contributed by atoms with van der Waals surface area (Å²) in [4.78, 5) is 0. The molecular weight excluding hydrogens is 384 g/mol. The van der Waals surface area contributed by atoms with Crippen LogP contribution in [0.5, 0.6) is 0 Å². The summed E-state index contributed by atoms with van der Waals surface area (Å²) in [6, 6.07) is 19.1. The van der Waals surface area contributed by atoms with Crippen molar-refractivity contribution in [3.05, 3.63) is 115 Å². The Bertz CT molecular complexity index is 1090. The lowest BCUT2D eigenvalue weighted by Crippen LogP contribution is -1.98. The number of fused-ring (bicyclic) bond motifs is 1. The highest BCUT2D eigenvalue weighted by molar-refractivity contribution is 6.10. The lowest BCUT2D eigenvalue weighted by atomic mass is 9.83. The van der Waals surface area contributed by atoms with Crippen molar-refractivity contribution in [2.24, 2.45) is 0 Å². The molecule has 0 aliphatic rings. The Hall–Kier alpha value is -3.38. The fourth-order valence-electron chi connectivity index (χ4n) is 3.73. The fraction of sp³-hybridized carbons (Fsp3) is 0.188. The van der Waals surface area contributed by atoms with Crippen molar-refractivity contribution in [1.82, 2.24) is 0 Å². The van der Waals surface area contributed by atoms with E-state index in [1.165, 1.54) is 27.5 Å². The summed E-state index contributed by atoms with van der Waals surface area (Å²) in [6.07, 6.45) is 14.4. The van der Waals surface area contributed by atoms with Gasteiger partial charge in [-0.1, -0.05) is 138 Å². The molecule has 166 valence electrons. The predicted molar refractivity (Wildman–Crippen MR) is 150 cm³/mol. The van der Waals surface area contributed by atoms with E-state index in [0.717, 1.165) is 16.7 Å². The van der Waals surface area contributed by atoms with Crippen molar-refractivity contribution in [2.45, 2.75) is 41.5 Å². The standard InChI is InChI=1S/C28H26.2C2H6/c1-5-9-16-21(15-6-2)27-23(7-3)24(8-4)28(22-17-11-10-12-18-22)26-20-14-13-19-25(26)27;2*1-2/h5-20H,3-4H2,1-2H3;2*1-2H3/b9-5-,15-6-,21-16+;;. The van der Waals surface area contributed by atoms with Crippen LogP contribution in [0, 0.1) is 0 Å². The van der Waals surface area contributed by atoms with Gasteiger partial charge in [0, 0.05) is 0 Å². The number of benzene rings is 3. The Morgan fingerprint density at radius 3 is 1.78 bits per heavy atom. The van der Waals surface area contributed by atoms with Gasteiger partial charge in [-0.25, -0.2) is 0 Å². The molecule has 3 rings (SSSR count). The van der Waals surface area contributed by atoms with Gasteiger partial charge in [0.25, 0.3) is 0 Å². The Labute approximate surface area is 196 Å². The van der Waals surface area contributed by atoms with Crippen LogP contribution in [0.25, 0.3) is 39.6 Å². The summed E-state index contributed by atoms with van der Waals surface area (Å²) < 4.78 is 0. The third-order valence-corrected chi connectivity index (χ3v) is 4.87. The molecule has 0 spiro atoms. The number of rotatable bonds is 6. The van der Waals surface area contributed by atoms with Gasteiger partial charge in [0.2, 0.25) is 0 Å². The molecule has 0 heteroatoms. The van der Waals surface area contributed by atoms with Crippen molar-refractivity contribution in [3.8, 4) is 11.1 Å². The first-order valence-corrected chi connectivity index (χ1v) is 11.6. The third-order valence-electron chi connectivity index (χ3n) is 4.87. The van der Waals surface area contributed by atoms with Crippen LogP contribution in [0.4, 0.5) is 0 Å². The zero-order chi connectivity index (χ0) is 23.9. The monoisotopic (exact) mass is 422 g/mol. The third kappa shape index (κ3) is 5.86. The van der Waals surface area contributed by atoms with Crippen LogP contribution >= 0.6 is 0 Å². The van der Waals surface area contributed by atoms with E-state index in [-0.39, 0.29) is 0 Å². The molecule has 0 aliphatic carbocycles. The van der Waals surface area contributed by atoms with Crippen LogP contribution in [0.1, 0.15) is 58.2 Å². The van der Waals surface area contributed by atoms with E-state index in [2.05, 4.69) is 86.0 Å². The molecule has 0 unspecified atom stereocenters. The Balaban J connectivity index is 0.00000121. The molecule has 0 bridgehead atoms. The normalized spacial score (nSPS) is 11.0. The number of hydrogen-bond donors (Lipinski definition) is 0. The van der Waals surface area contributed by atoms with Gasteiger partial charge in [-0.05, 0) is 58.0 Å². The molecule has 0 heterocycles. The highest BCUT2D eigenvalue weighted by Crippen LogP contribution is 2.41. The van der Waals surface area contributed by atoms with Crippen molar-refractivity contribution in [3.63, 3.8) is 0 Å². The van der Waals surface area contributed by atoms with Gasteiger partial charge in [-0.3, -0.25) is 0 Å². The average Bonchev–Trinajstić information content (AvgIpc) is 2.88. The van der Waals surface area contributed by atoms with Gasteiger partial charge in [-0.15, -0.1) is 0 Å². The average molecular weight is 423 g/mol. The molecule has 0 aromatic heterocycles. The van der Waals surface area contributed by atoms with Crippen LogP contribution in [-0.2, 0) is 0 Å². The first kappa shape index (κ1) is 26.7. The number of hydrogen-bond acceptors (Lipinski definition) is 0. The van der Waals surface area contributed by atoms with Crippen LogP contribution in [0.2, 0.25) is 0 Å². The fourth-order valence-corrected chi connectivity index (χ4v) is 3.73. The maximum atomic E-state index is 4.15. The minimum absolute atomic E-state index is 1.11. The maximum Gasteiger partial charge on any atom is -0.00266 e. The van der Waals surface area contributed by atoms with Crippen molar-refractivity contribution >= 4 is 28.5 Å². The van der Waals surface area contributed by atoms with Gasteiger partial charge in [0.05, 0.1) is 0 Å². The Kier molecular flexibility index (Phi) is 12.2. The molecule has 0 aliphatic heterocycles. The molecule has 0 N–H and O–H groups in total. The first-order chi connectivity index (χ1) is 15.8. The molecule has 0 atom stereocenters. The van der Waals surface area contributed by atoms with E-state index < -0.39 is 0 Å².